The van der Waals surface area contributed by atoms with Gasteiger partial charge in [-0.25, -0.2) is 9.78 Å². The topological polar surface area (TPSA) is 105 Å². The molecule has 1 aliphatic rings. The van der Waals surface area contributed by atoms with Gasteiger partial charge in [0.25, 0.3) is 0 Å². The zero-order valence-corrected chi connectivity index (χ0v) is 22.2. The number of nitrogens with one attached hydrogen (secondary N) is 1. The van der Waals surface area contributed by atoms with Gasteiger partial charge in [0, 0.05) is 18.0 Å². The number of hydrogen-bond donors (Lipinski definition) is 1. The lowest BCUT2D eigenvalue weighted by Crippen LogP contribution is -2.14. The van der Waals surface area contributed by atoms with E-state index in [-0.39, 0.29) is 28.9 Å². The number of esters is 1. The Morgan fingerprint density at radius 3 is 2.43 bits per heavy atom. The number of hydrogen-bond acceptors (Lipinski definition) is 6. The molecule has 1 saturated carbocycles. The van der Waals surface area contributed by atoms with Crippen LogP contribution >= 0.6 is 31.9 Å². The van der Waals surface area contributed by atoms with E-state index < -0.39 is 6.10 Å². The summed E-state index contributed by atoms with van der Waals surface area (Å²) in [5.74, 6) is 0.683. The van der Waals surface area contributed by atoms with Gasteiger partial charge in [-0.1, -0.05) is 50.3 Å². The molecule has 1 aliphatic carbocycles. The van der Waals surface area contributed by atoms with Crippen LogP contribution in [-0.4, -0.2) is 15.9 Å². The molecule has 35 heavy (non-hydrogen) atoms. The first kappa shape index (κ1) is 26.4. The average Bonchev–Trinajstić information content (AvgIpc) is 3.37. The molecule has 1 aromatic heterocycles. The molecule has 180 valence electrons. The second-order valence-corrected chi connectivity index (χ2v) is 11.1. The highest BCUT2D eigenvalue weighted by molar-refractivity contribution is 9.28. The van der Waals surface area contributed by atoms with Gasteiger partial charge in [0.1, 0.15) is 17.6 Å². The van der Waals surface area contributed by atoms with Gasteiger partial charge in [-0.2, -0.15) is 5.26 Å². The van der Waals surface area contributed by atoms with Gasteiger partial charge < -0.3 is 14.5 Å². The molecule has 3 atom stereocenters. The summed E-state index contributed by atoms with van der Waals surface area (Å²) in [4.78, 5) is 28.5. The largest absolute Gasteiger partial charge is 0.457 e. The second kappa shape index (κ2) is 12.0. The zero-order valence-electron chi connectivity index (χ0n) is 19.0. The summed E-state index contributed by atoms with van der Waals surface area (Å²) < 4.78 is 12.2. The van der Waals surface area contributed by atoms with E-state index in [2.05, 4.69) is 47.9 Å². The fourth-order valence-electron chi connectivity index (χ4n) is 3.61. The summed E-state index contributed by atoms with van der Waals surface area (Å²) in [5.41, 5.74) is 0.0707. The van der Waals surface area contributed by atoms with Crippen molar-refractivity contribution in [2.75, 3.05) is 0 Å². The third-order valence-corrected chi connectivity index (χ3v) is 6.07. The Balaban J connectivity index is 0.000000420. The van der Waals surface area contributed by atoms with E-state index in [4.69, 9.17) is 9.47 Å². The minimum atomic E-state index is -0.986. The summed E-state index contributed by atoms with van der Waals surface area (Å²) in [6.07, 6.45) is 3.94. The van der Waals surface area contributed by atoms with E-state index in [9.17, 15) is 14.9 Å². The lowest BCUT2D eigenvalue weighted by atomic mass is 10.1. The number of carbonyl (C=O) groups is 1. The molecule has 3 aromatic rings. The van der Waals surface area contributed by atoms with Gasteiger partial charge in [-0.3, -0.25) is 4.79 Å². The highest BCUT2D eigenvalue weighted by Crippen LogP contribution is 2.60. The van der Waals surface area contributed by atoms with E-state index in [1.165, 1.54) is 12.4 Å². The Morgan fingerprint density at radius 2 is 1.86 bits per heavy atom. The van der Waals surface area contributed by atoms with Crippen molar-refractivity contribution in [2.45, 2.75) is 20.0 Å². The highest BCUT2D eigenvalue weighted by Gasteiger charge is 2.61. The predicted octanol–water partition coefficient (Wildman–Crippen LogP) is 6.26. The first-order chi connectivity index (χ1) is 16.7. The molecule has 0 aliphatic heterocycles. The maximum Gasteiger partial charge on any atom is 0.344 e. The molecule has 0 radical (unpaired) electrons. The van der Waals surface area contributed by atoms with E-state index in [0.29, 0.717) is 17.1 Å². The van der Waals surface area contributed by atoms with Crippen LogP contribution in [0.25, 0.3) is 0 Å². The molecule has 0 saturated heterocycles. The van der Waals surface area contributed by atoms with Crippen LogP contribution in [0.3, 0.4) is 0 Å². The van der Waals surface area contributed by atoms with Crippen LogP contribution in [0, 0.1) is 28.6 Å². The Morgan fingerprint density at radius 1 is 1.14 bits per heavy atom. The lowest BCUT2D eigenvalue weighted by molar-refractivity contribution is -0.149. The normalized spacial score (nSPS) is 18.0. The van der Waals surface area contributed by atoms with Crippen LogP contribution in [0.1, 0.15) is 25.5 Å². The van der Waals surface area contributed by atoms with Crippen molar-refractivity contribution < 1.29 is 14.3 Å². The Kier molecular flexibility index (Phi) is 9.01. The van der Waals surface area contributed by atoms with Crippen molar-refractivity contribution in [2.24, 2.45) is 17.3 Å². The molecular weight excluding hydrogens is 578 g/mol. The molecule has 1 fully saturated rings. The quantitative estimate of drug-likeness (QED) is 0.335. The number of carbonyl (C=O) groups excluding carboxylic acids is 1. The number of aromatic nitrogens is 2. The Labute approximate surface area is 220 Å². The van der Waals surface area contributed by atoms with Crippen molar-refractivity contribution in [3.63, 3.8) is 0 Å². The van der Waals surface area contributed by atoms with Gasteiger partial charge in [-0.15, -0.1) is 0 Å². The van der Waals surface area contributed by atoms with Crippen LogP contribution in [0.5, 0.6) is 11.5 Å². The van der Waals surface area contributed by atoms with Crippen molar-refractivity contribution in [1.82, 2.24) is 9.97 Å². The molecule has 0 amide bonds. The molecular formula is C26H23Br2N3O4. The lowest BCUT2D eigenvalue weighted by Gasteiger charge is -2.13. The number of allylic oxidation sites excluding steroid dienone is 1. The zero-order chi connectivity index (χ0) is 25.4. The number of benzene rings is 2. The fraction of sp³-hybridized carbons (Fsp3) is 0.231. The summed E-state index contributed by atoms with van der Waals surface area (Å²) in [6.45, 7) is 4.03. The number of H-pyrrole nitrogens is 1. The number of aromatic amines is 1. The van der Waals surface area contributed by atoms with Gasteiger partial charge in [0.2, 0.25) is 6.10 Å². The molecule has 0 bridgehead atoms. The van der Waals surface area contributed by atoms with E-state index in [1.807, 2.05) is 50.3 Å². The fourth-order valence-corrected chi connectivity index (χ4v) is 4.18. The first-order valence-corrected chi connectivity index (χ1v) is 12.3. The van der Waals surface area contributed by atoms with Crippen LogP contribution < -0.4 is 10.4 Å². The van der Waals surface area contributed by atoms with Crippen LogP contribution in [0.15, 0.2) is 87.3 Å². The number of rotatable bonds is 6. The molecule has 9 heteroatoms. The maximum absolute atomic E-state index is 12.7. The standard InChI is InChI=1S/C22H19Br2NO3.C4H4N2O/c1-22(2)17(12-19(23)24)20(22)21(26)28-18(13-25)14-7-6-10-16(11-14)27-15-8-4-3-5-9-15;7-4-5-2-1-3-6-4/h3-12,17-18,20H,1-2H3;1-3H,(H,5,6,7)/t17-,18+,20-;/m0./s1. The monoisotopic (exact) mass is 599 g/mol. The maximum atomic E-state index is 12.7. The van der Waals surface area contributed by atoms with Gasteiger partial charge >= 0.3 is 11.7 Å². The Hall–Kier alpha value is -3.22. The highest BCUT2D eigenvalue weighted by atomic mass is 79.9. The third kappa shape index (κ3) is 7.38. The van der Waals surface area contributed by atoms with Crippen molar-refractivity contribution in [3.8, 4) is 17.6 Å². The van der Waals surface area contributed by atoms with Crippen molar-refractivity contribution in [3.05, 3.63) is 98.6 Å². The van der Waals surface area contributed by atoms with Gasteiger partial charge in [0.05, 0.1) is 9.31 Å². The van der Waals surface area contributed by atoms with Crippen molar-refractivity contribution in [1.29, 1.82) is 5.26 Å². The SMILES string of the molecule is CC1(C)[C@H](C(=O)O[C@H](C#N)c2cccc(Oc3ccccc3)c2)[C@@H]1C=C(Br)Br.O=c1nccc[nH]1. The predicted molar refractivity (Wildman–Crippen MR) is 139 cm³/mol. The summed E-state index contributed by atoms with van der Waals surface area (Å²) in [5, 5.41) is 9.56. The molecule has 0 spiro atoms. The molecule has 1 heterocycles. The number of nitrogens with zero attached hydrogens (tertiary/aromatic N) is 2. The van der Waals surface area contributed by atoms with E-state index >= 15 is 0 Å². The van der Waals surface area contributed by atoms with Crippen molar-refractivity contribution >= 4 is 37.8 Å². The minimum Gasteiger partial charge on any atom is -0.457 e. The summed E-state index contributed by atoms with van der Waals surface area (Å²) in [7, 11) is 0. The van der Waals surface area contributed by atoms with Crippen LogP contribution in [0.4, 0.5) is 0 Å². The smallest absolute Gasteiger partial charge is 0.344 e. The van der Waals surface area contributed by atoms with Gasteiger partial charge in [0.15, 0.2) is 0 Å². The molecule has 2 aromatic carbocycles. The average molecular weight is 601 g/mol. The van der Waals surface area contributed by atoms with Gasteiger partial charge in [-0.05, 0) is 73.5 Å². The molecule has 4 rings (SSSR count). The van der Waals surface area contributed by atoms with Crippen LogP contribution in [-0.2, 0) is 9.53 Å². The number of nitriles is 1. The number of ether oxygens (including phenoxy) is 2. The number of halogens is 2. The minimum absolute atomic E-state index is 0.0563. The molecule has 1 N–H and O–H groups in total. The van der Waals surface area contributed by atoms with Crippen LogP contribution in [0.2, 0.25) is 0 Å². The second-order valence-electron chi connectivity index (χ2n) is 8.30. The van der Waals surface area contributed by atoms with E-state index in [1.54, 1.807) is 30.3 Å². The summed E-state index contributed by atoms with van der Waals surface area (Å²) in [6, 6.07) is 20.1. The van der Waals surface area contributed by atoms with E-state index in [0.717, 1.165) is 3.39 Å². The molecule has 7 nitrogen and oxygen atoms in total. The first-order valence-electron chi connectivity index (χ1n) is 10.7. The number of para-hydroxylation sites is 1. The summed E-state index contributed by atoms with van der Waals surface area (Å²) >= 11 is 6.68. The Bertz CT molecular complexity index is 1260. The third-order valence-electron chi connectivity index (χ3n) is 5.54. The molecule has 0 unspecified atom stereocenters.